The van der Waals surface area contributed by atoms with E-state index in [0.29, 0.717) is 33.8 Å². The third-order valence-electron chi connectivity index (χ3n) is 7.67. The van der Waals surface area contributed by atoms with Crippen LogP contribution in [0.4, 0.5) is 21.9 Å². The van der Waals surface area contributed by atoms with Gasteiger partial charge in [0.1, 0.15) is 5.75 Å². The summed E-state index contributed by atoms with van der Waals surface area (Å²) in [6, 6.07) is 27.7. The minimum atomic E-state index is -0.971. The van der Waals surface area contributed by atoms with Gasteiger partial charge in [-0.2, -0.15) is 0 Å². The molecule has 1 atom stereocenters. The first kappa shape index (κ1) is 33.3. The molecule has 4 aromatic rings. The number of aliphatic carboxylic acids is 1. The number of likely N-dealkylation sites (N-methyl/N-ethyl adjacent to an activating group) is 1. The maximum absolute atomic E-state index is 13.4. The van der Waals surface area contributed by atoms with E-state index >= 15 is 0 Å². The summed E-state index contributed by atoms with van der Waals surface area (Å²) in [4.78, 5) is 53.6. The number of benzene rings is 4. The molecular weight excluding hydrogens is 584 g/mol. The van der Waals surface area contributed by atoms with E-state index in [9.17, 15) is 24.3 Å². The lowest BCUT2D eigenvalue weighted by Crippen LogP contribution is -2.31. The third-order valence-corrected chi connectivity index (χ3v) is 7.67. The molecule has 0 saturated carbocycles. The minimum absolute atomic E-state index is 0.0572. The Morgan fingerprint density at radius 3 is 2.26 bits per heavy atom. The molecule has 0 bridgehead atoms. The Labute approximate surface area is 268 Å². The molecule has 10 nitrogen and oxygen atoms in total. The molecule has 238 valence electrons. The molecule has 0 saturated heterocycles. The molecule has 0 heterocycles. The summed E-state index contributed by atoms with van der Waals surface area (Å²) in [6.07, 6.45) is 0.0965. The zero-order chi connectivity index (χ0) is 33.2. The molecule has 0 radical (unpaired) electrons. The summed E-state index contributed by atoms with van der Waals surface area (Å²) < 4.78 is 5.53. The summed E-state index contributed by atoms with van der Waals surface area (Å²) >= 11 is 0. The average molecular weight is 623 g/mol. The van der Waals surface area contributed by atoms with Gasteiger partial charge in [0.05, 0.1) is 25.3 Å². The number of carboxylic acid groups (broad SMARTS) is 1. The van der Waals surface area contributed by atoms with Crippen molar-refractivity contribution in [2.75, 3.05) is 36.3 Å². The van der Waals surface area contributed by atoms with E-state index < -0.39 is 12.0 Å². The molecule has 4 aromatic carbocycles. The number of para-hydroxylation sites is 1. The summed E-state index contributed by atoms with van der Waals surface area (Å²) in [5.74, 6) is -1.08. The number of anilines is 3. The monoisotopic (exact) mass is 622 g/mol. The van der Waals surface area contributed by atoms with Gasteiger partial charge in [-0.15, -0.1) is 0 Å². The van der Waals surface area contributed by atoms with Crippen LogP contribution in [-0.2, 0) is 16.0 Å². The van der Waals surface area contributed by atoms with Gasteiger partial charge >= 0.3 is 12.0 Å². The van der Waals surface area contributed by atoms with Gasteiger partial charge in [-0.1, -0.05) is 54.6 Å². The van der Waals surface area contributed by atoms with E-state index in [1.807, 2.05) is 37.3 Å². The number of aryl methyl sites for hydroxylation is 1. The van der Waals surface area contributed by atoms with Gasteiger partial charge in [0.15, 0.2) is 0 Å². The highest BCUT2D eigenvalue weighted by Gasteiger charge is 2.20. The third kappa shape index (κ3) is 8.50. The predicted molar refractivity (Wildman–Crippen MR) is 179 cm³/mol. The second kappa shape index (κ2) is 15.4. The molecule has 0 spiro atoms. The second-order valence-electron chi connectivity index (χ2n) is 10.9. The van der Waals surface area contributed by atoms with E-state index in [4.69, 9.17) is 4.74 Å². The summed E-state index contributed by atoms with van der Waals surface area (Å²) in [5, 5.41) is 15.1. The molecule has 4 amide bonds. The van der Waals surface area contributed by atoms with Gasteiger partial charge in [-0.25, -0.2) is 4.79 Å². The molecule has 0 aliphatic heterocycles. The number of carbonyl (C=O) groups excluding carboxylic acids is 3. The van der Waals surface area contributed by atoms with Crippen molar-refractivity contribution in [2.45, 2.75) is 32.2 Å². The van der Waals surface area contributed by atoms with Gasteiger partial charge in [-0.05, 0) is 72.5 Å². The molecule has 10 heteroatoms. The number of methoxy groups -OCH3 is 1. The summed E-state index contributed by atoms with van der Waals surface area (Å²) in [6.45, 7) is 1.93. The van der Waals surface area contributed by atoms with Crippen molar-refractivity contribution in [2.24, 2.45) is 0 Å². The van der Waals surface area contributed by atoms with Crippen LogP contribution in [0.15, 0.2) is 97.1 Å². The zero-order valence-electron chi connectivity index (χ0n) is 26.3. The van der Waals surface area contributed by atoms with Gasteiger partial charge in [-0.3, -0.25) is 19.3 Å². The molecule has 0 fully saturated rings. The molecule has 3 N–H and O–H groups in total. The average Bonchev–Trinajstić information content (AvgIpc) is 3.07. The van der Waals surface area contributed by atoms with Gasteiger partial charge in [0, 0.05) is 37.5 Å². The van der Waals surface area contributed by atoms with E-state index in [1.165, 1.54) is 16.9 Å². The Bertz CT molecular complexity index is 1710. The van der Waals surface area contributed by atoms with Crippen LogP contribution in [0.3, 0.4) is 0 Å². The molecular formula is C36H38N4O6. The number of rotatable bonds is 12. The van der Waals surface area contributed by atoms with E-state index in [0.717, 1.165) is 11.3 Å². The number of carbonyl (C=O) groups is 4. The number of ether oxygens (including phenoxy) is 1. The molecule has 0 aliphatic carbocycles. The van der Waals surface area contributed by atoms with Crippen LogP contribution in [0, 0.1) is 6.92 Å². The van der Waals surface area contributed by atoms with E-state index in [-0.39, 0.29) is 37.1 Å². The number of hydrogen-bond donors (Lipinski definition) is 3. The number of hydrogen-bond acceptors (Lipinski definition) is 5. The molecule has 0 aromatic heterocycles. The smallest absolute Gasteiger partial charge is 0.326 e. The van der Waals surface area contributed by atoms with Gasteiger partial charge < -0.3 is 25.4 Å². The largest absolute Gasteiger partial charge is 0.495 e. The maximum atomic E-state index is 13.4. The Morgan fingerprint density at radius 1 is 0.848 bits per heavy atom. The van der Waals surface area contributed by atoms with Gasteiger partial charge in [0.2, 0.25) is 5.91 Å². The summed E-state index contributed by atoms with van der Waals surface area (Å²) in [5.41, 5.74) is 4.63. The Hall–Kier alpha value is -5.64. The lowest BCUT2D eigenvalue weighted by Gasteiger charge is -2.23. The Morgan fingerprint density at radius 2 is 1.57 bits per heavy atom. The molecule has 0 aliphatic rings. The van der Waals surface area contributed by atoms with Crippen molar-refractivity contribution in [3.05, 3.63) is 119 Å². The lowest BCUT2D eigenvalue weighted by molar-refractivity contribution is -0.137. The molecule has 4 rings (SSSR count). The first-order valence-corrected chi connectivity index (χ1v) is 14.8. The highest BCUT2D eigenvalue weighted by molar-refractivity contribution is 6.02. The van der Waals surface area contributed by atoms with Gasteiger partial charge in [0.25, 0.3) is 5.91 Å². The number of nitrogens with one attached hydrogen (secondary N) is 2. The van der Waals surface area contributed by atoms with Crippen molar-refractivity contribution in [3.63, 3.8) is 0 Å². The normalized spacial score (nSPS) is 11.2. The summed E-state index contributed by atoms with van der Waals surface area (Å²) in [7, 11) is 4.84. The van der Waals surface area contributed by atoms with E-state index in [2.05, 4.69) is 10.6 Å². The van der Waals surface area contributed by atoms with Crippen LogP contribution < -0.4 is 25.2 Å². The number of amides is 4. The number of urea groups is 1. The van der Waals surface area contributed by atoms with Crippen molar-refractivity contribution in [1.29, 1.82) is 0 Å². The predicted octanol–water partition coefficient (Wildman–Crippen LogP) is 6.21. The second-order valence-corrected chi connectivity index (χ2v) is 10.9. The van der Waals surface area contributed by atoms with E-state index in [1.54, 1.807) is 80.8 Å². The highest BCUT2D eigenvalue weighted by Crippen LogP contribution is 2.29. The fourth-order valence-electron chi connectivity index (χ4n) is 5.01. The first-order valence-electron chi connectivity index (χ1n) is 14.8. The van der Waals surface area contributed by atoms with Crippen molar-refractivity contribution < 1.29 is 29.0 Å². The zero-order valence-corrected chi connectivity index (χ0v) is 26.3. The molecule has 1 unspecified atom stereocenters. The standard InChI is InChI=1S/C36H38N4O6/c1-24-11-8-9-16-31(24)40(3)36(45)38-30-18-17-25(21-32(30)46-4)22-33(41)39(2)28-15-10-14-27(23-28)29(19-20-34(42)43)37-35(44)26-12-6-5-7-13-26/h5-18,21,23,29H,19-20,22H2,1-4H3,(H,37,44)(H,38,45)(H,42,43). The SMILES string of the molecule is COc1cc(CC(=O)N(C)c2cccc(C(CCC(=O)O)NC(=O)c3ccccc3)c2)ccc1NC(=O)N(C)c1ccccc1C. The fraction of sp³-hybridized carbons (Fsp3) is 0.222. The van der Waals surface area contributed by atoms with Crippen LogP contribution >= 0.6 is 0 Å². The Kier molecular flexibility index (Phi) is 11.1. The van der Waals surface area contributed by atoms with Crippen LogP contribution in [0.2, 0.25) is 0 Å². The van der Waals surface area contributed by atoms with Crippen molar-refractivity contribution >= 4 is 40.9 Å². The minimum Gasteiger partial charge on any atom is -0.495 e. The Balaban J connectivity index is 1.46. The lowest BCUT2D eigenvalue weighted by atomic mass is 10.00. The first-order chi connectivity index (χ1) is 22.1. The highest BCUT2D eigenvalue weighted by atomic mass is 16.5. The fourth-order valence-corrected chi connectivity index (χ4v) is 5.01. The number of carboxylic acids is 1. The van der Waals surface area contributed by atoms with Crippen LogP contribution in [0.25, 0.3) is 0 Å². The quantitative estimate of drug-likeness (QED) is 0.172. The van der Waals surface area contributed by atoms with Crippen LogP contribution in [0.5, 0.6) is 5.75 Å². The van der Waals surface area contributed by atoms with Crippen molar-refractivity contribution in [3.8, 4) is 5.75 Å². The van der Waals surface area contributed by atoms with Crippen molar-refractivity contribution in [1.82, 2.24) is 5.32 Å². The van der Waals surface area contributed by atoms with Crippen LogP contribution in [0.1, 0.15) is 45.9 Å². The maximum Gasteiger partial charge on any atom is 0.326 e. The van der Waals surface area contributed by atoms with Crippen LogP contribution in [-0.4, -0.2) is 50.1 Å². The topological polar surface area (TPSA) is 128 Å². The molecule has 46 heavy (non-hydrogen) atoms. The number of nitrogens with zero attached hydrogens (tertiary/aromatic N) is 2.